The Morgan fingerprint density at radius 2 is 1.82 bits per heavy atom. The molecule has 33 heavy (non-hydrogen) atoms. The van der Waals surface area contributed by atoms with Crippen molar-refractivity contribution in [1.29, 1.82) is 0 Å². The second-order valence-corrected chi connectivity index (χ2v) is 9.56. The zero-order valence-corrected chi connectivity index (χ0v) is 20.3. The van der Waals surface area contributed by atoms with E-state index in [2.05, 4.69) is 60.2 Å². The van der Waals surface area contributed by atoms with Gasteiger partial charge in [-0.3, -0.25) is 9.59 Å². The molecular formula is C27H36N4O2. The highest BCUT2D eigenvalue weighted by molar-refractivity contribution is 6.03. The smallest absolute Gasteiger partial charge is 0.229 e. The van der Waals surface area contributed by atoms with Gasteiger partial charge in [0.25, 0.3) is 0 Å². The minimum Gasteiger partial charge on any atom is -0.369 e. The van der Waals surface area contributed by atoms with Gasteiger partial charge in [0.15, 0.2) is 0 Å². The number of rotatable bonds is 6. The predicted molar refractivity (Wildman–Crippen MR) is 135 cm³/mol. The number of nitrogens with one attached hydrogen (secondary N) is 1. The van der Waals surface area contributed by atoms with Gasteiger partial charge in [-0.2, -0.15) is 0 Å². The Bertz CT molecular complexity index is 1010. The normalized spacial score (nSPS) is 19.4. The highest BCUT2D eigenvalue weighted by Gasteiger charge is 2.35. The summed E-state index contributed by atoms with van der Waals surface area (Å²) in [5, 5.41) is 3.08. The minimum absolute atomic E-state index is 0.00866. The highest BCUT2D eigenvalue weighted by atomic mass is 16.2. The second kappa shape index (κ2) is 9.96. The lowest BCUT2D eigenvalue weighted by Crippen LogP contribution is -2.46. The lowest BCUT2D eigenvalue weighted by Gasteiger charge is -2.35. The van der Waals surface area contributed by atoms with Crippen LogP contribution in [0.2, 0.25) is 0 Å². The van der Waals surface area contributed by atoms with Crippen LogP contribution in [0.1, 0.15) is 44.2 Å². The lowest BCUT2D eigenvalue weighted by atomic mass is 10.0. The Morgan fingerprint density at radius 3 is 2.48 bits per heavy atom. The van der Waals surface area contributed by atoms with E-state index >= 15 is 0 Å². The molecule has 2 aliphatic heterocycles. The number of hydrogen-bond acceptors (Lipinski definition) is 4. The van der Waals surface area contributed by atoms with Crippen LogP contribution >= 0.6 is 0 Å². The van der Waals surface area contributed by atoms with Crippen molar-refractivity contribution in [3.8, 4) is 0 Å². The molecule has 2 amide bonds. The SMILES string of the molecule is CCN1CCN(c2ccc(NC(=O)C3CC(=O)N(c4cccc(C(C)C)c4)C3)c(C)c2)CC1. The first-order valence-electron chi connectivity index (χ1n) is 12.1. The summed E-state index contributed by atoms with van der Waals surface area (Å²) < 4.78 is 0. The summed E-state index contributed by atoms with van der Waals surface area (Å²) in [7, 11) is 0. The quantitative estimate of drug-likeness (QED) is 0.718. The molecule has 2 heterocycles. The van der Waals surface area contributed by atoms with Gasteiger partial charge in [-0.15, -0.1) is 0 Å². The summed E-state index contributed by atoms with van der Waals surface area (Å²) in [6.45, 7) is 14.3. The number of nitrogens with zero attached hydrogens (tertiary/aromatic N) is 3. The molecule has 4 rings (SSSR count). The number of aryl methyl sites for hydroxylation is 1. The third kappa shape index (κ3) is 5.22. The first kappa shape index (κ1) is 23.3. The zero-order chi connectivity index (χ0) is 23.5. The molecule has 0 radical (unpaired) electrons. The van der Waals surface area contributed by atoms with Crippen LogP contribution in [0.3, 0.4) is 0 Å². The molecule has 2 aromatic carbocycles. The van der Waals surface area contributed by atoms with Gasteiger partial charge in [0.05, 0.1) is 5.92 Å². The summed E-state index contributed by atoms with van der Waals surface area (Å²) in [5.41, 5.74) is 5.15. The predicted octanol–water partition coefficient (Wildman–Crippen LogP) is 4.25. The van der Waals surface area contributed by atoms with Gasteiger partial charge in [-0.25, -0.2) is 0 Å². The first-order valence-corrected chi connectivity index (χ1v) is 12.1. The van der Waals surface area contributed by atoms with Crippen LogP contribution in [0.25, 0.3) is 0 Å². The van der Waals surface area contributed by atoms with Crippen LogP contribution in [-0.2, 0) is 9.59 Å². The number of anilines is 3. The van der Waals surface area contributed by atoms with Gasteiger partial charge in [-0.05, 0) is 60.8 Å². The van der Waals surface area contributed by atoms with Crippen molar-refractivity contribution in [2.75, 3.05) is 54.4 Å². The molecule has 0 saturated carbocycles. The summed E-state index contributed by atoms with van der Waals surface area (Å²) in [5.74, 6) is -0.0303. The van der Waals surface area contributed by atoms with E-state index in [1.54, 1.807) is 4.90 Å². The Balaban J connectivity index is 1.39. The number of piperazine rings is 1. The Labute approximate surface area is 197 Å². The monoisotopic (exact) mass is 448 g/mol. The molecule has 6 heteroatoms. The topological polar surface area (TPSA) is 55.9 Å². The summed E-state index contributed by atoms with van der Waals surface area (Å²) in [6.07, 6.45) is 0.247. The van der Waals surface area contributed by atoms with Crippen LogP contribution < -0.4 is 15.1 Å². The number of carbonyl (C=O) groups is 2. The molecule has 1 unspecified atom stereocenters. The minimum atomic E-state index is -0.346. The number of hydrogen-bond donors (Lipinski definition) is 1. The van der Waals surface area contributed by atoms with Crippen molar-refractivity contribution >= 4 is 28.9 Å². The third-order valence-corrected chi connectivity index (χ3v) is 7.00. The fraction of sp³-hybridized carbons (Fsp3) is 0.481. The molecule has 1 atom stereocenters. The van der Waals surface area contributed by atoms with Crippen LogP contribution in [-0.4, -0.2) is 56.0 Å². The standard InChI is InChI=1S/C27H36N4O2/c1-5-29-11-13-30(14-12-29)23-9-10-25(20(4)15-23)28-27(33)22-17-26(32)31(18-22)24-8-6-7-21(16-24)19(2)3/h6-10,15-16,19,22H,5,11-14,17-18H2,1-4H3,(H,28,33). The van der Waals surface area contributed by atoms with Gasteiger partial charge in [0, 0.05) is 56.2 Å². The second-order valence-electron chi connectivity index (χ2n) is 9.56. The van der Waals surface area contributed by atoms with E-state index in [4.69, 9.17) is 0 Å². The van der Waals surface area contributed by atoms with Crippen molar-refractivity contribution in [2.45, 2.75) is 40.0 Å². The van der Waals surface area contributed by atoms with Crippen molar-refractivity contribution in [2.24, 2.45) is 5.92 Å². The molecule has 2 saturated heterocycles. The van der Waals surface area contributed by atoms with Gasteiger partial charge in [-0.1, -0.05) is 32.9 Å². The van der Waals surface area contributed by atoms with Crippen molar-refractivity contribution < 1.29 is 9.59 Å². The molecule has 0 bridgehead atoms. The van der Waals surface area contributed by atoms with Crippen molar-refractivity contribution in [1.82, 2.24) is 4.90 Å². The van der Waals surface area contributed by atoms with Gasteiger partial charge in [0.1, 0.15) is 0 Å². The number of benzene rings is 2. The molecule has 2 aliphatic rings. The maximum Gasteiger partial charge on any atom is 0.229 e. The fourth-order valence-electron chi connectivity index (χ4n) is 4.73. The van der Waals surface area contributed by atoms with E-state index in [9.17, 15) is 9.59 Å². The summed E-state index contributed by atoms with van der Waals surface area (Å²) >= 11 is 0. The maximum absolute atomic E-state index is 13.0. The van der Waals surface area contributed by atoms with Gasteiger partial charge >= 0.3 is 0 Å². The molecule has 0 aliphatic carbocycles. The Hall–Kier alpha value is -2.86. The van der Waals surface area contributed by atoms with E-state index < -0.39 is 0 Å². The fourth-order valence-corrected chi connectivity index (χ4v) is 4.73. The van der Waals surface area contributed by atoms with Crippen LogP contribution in [0.15, 0.2) is 42.5 Å². The molecule has 2 aromatic rings. The Kier molecular flexibility index (Phi) is 7.03. The third-order valence-electron chi connectivity index (χ3n) is 7.00. The molecule has 1 N–H and O–H groups in total. The van der Waals surface area contributed by atoms with E-state index in [-0.39, 0.29) is 24.2 Å². The lowest BCUT2D eigenvalue weighted by molar-refractivity contribution is -0.122. The van der Waals surface area contributed by atoms with Crippen LogP contribution in [0, 0.1) is 12.8 Å². The summed E-state index contributed by atoms with van der Waals surface area (Å²) in [6, 6.07) is 14.3. The Morgan fingerprint density at radius 1 is 1.06 bits per heavy atom. The van der Waals surface area contributed by atoms with Crippen molar-refractivity contribution in [3.63, 3.8) is 0 Å². The molecule has 176 valence electrons. The van der Waals surface area contributed by atoms with Crippen LogP contribution in [0.4, 0.5) is 17.1 Å². The van der Waals surface area contributed by atoms with E-state index in [0.717, 1.165) is 49.7 Å². The number of amides is 2. The molecule has 6 nitrogen and oxygen atoms in total. The number of likely N-dealkylation sites (N-methyl/N-ethyl adjacent to an activating group) is 1. The first-order chi connectivity index (χ1) is 15.9. The largest absolute Gasteiger partial charge is 0.369 e. The van der Waals surface area contributed by atoms with Gasteiger partial charge < -0.3 is 20.0 Å². The molecule has 0 spiro atoms. The summed E-state index contributed by atoms with van der Waals surface area (Å²) in [4.78, 5) is 32.3. The van der Waals surface area contributed by atoms with E-state index in [1.165, 1.54) is 11.3 Å². The van der Waals surface area contributed by atoms with Crippen LogP contribution in [0.5, 0.6) is 0 Å². The number of carbonyl (C=O) groups excluding carboxylic acids is 2. The maximum atomic E-state index is 13.0. The van der Waals surface area contributed by atoms with Gasteiger partial charge in [0.2, 0.25) is 11.8 Å². The van der Waals surface area contributed by atoms with E-state index in [0.29, 0.717) is 12.5 Å². The average molecular weight is 449 g/mol. The highest BCUT2D eigenvalue weighted by Crippen LogP contribution is 2.29. The molecular weight excluding hydrogens is 412 g/mol. The van der Waals surface area contributed by atoms with Crippen molar-refractivity contribution in [3.05, 3.63) is 53.6 Å². The molecule has 0 aromatic heterocycles. The zero-order valence-electron chi connectivity index (χ0n) is 20.3. The average Bonchev–Trinajstić information content (AvgIpc) is 3.22. The van der Waals surface area contributed by atoms with E-state index in [1.807, 2.05) is 25.1 Å². The molecule has 2 fully saturated rings.